The summed E-state index contributed by atoms with van der Waals surface area (Å²) in [5.41, 5.74) is 8.03. The molecule has 1 amide bonds. The molecule has 0 radical (unpaired) electrons. The fourth-order valence-electron chi connectivity index (χ4n) is 2.38. The molecule has 4 nitrogen and oxygen atoms in total. The normalized spacial score (nSPS) is 11.9. The molecule has 5 heteroatoms. The first-order valence-corrected chi connectivity index (χ1v) is 6.23. The Morgan fingerprint density at radius 1 is 1.50 bits per heavy atom. The highest BCUT2D eigenvalue weighted by Crippen LogP contribution is 2.27. The van der Waals surface area contributed by atoms with Crippen LogP contribution >= 0.6 is 12.2 Å². The molecule has 0 aliphatic carbocycles. The lowest BCUT2D eigenvalue weighted by molar-refractivity contribution is -0.119. The number of nitrogens with zero attached hydrogens (tertiary/aromatic N) is 1. The number of hydrogen-bond donors (Lipinski definition) is 2. The number of primary amides is 1. The Kier molecular flexibility index (Phi) is 3.02. The van der Waals surface area contributed by atoms with Crippen molar-refractivity contribution in [2.24, 2.45) is 5.73 Å². The minimum absolute atomic E-state index is 0.252. The molecule has 0 saturated heterocycles. The zero-order valence-electron chi connectivity index (χ0n) is 10.8. The number of carbonyl (C=O) groups is 1. The number of nitrogens with one attached hydrogen (secondary N) is 1. The first-order valence-electron chi connectivity index (χ1n) is 5.82. The summed E-state index contributed by atoms with van der Waals surface area (Å²) in [5.74, 6) is -0.330. The van der Waals surface area contributed by atoms with Crippen LogP contribution in [0.25, 0.3) is 11.0 Å². The molecule has 0 unspecified atom stereocenters. The maximum atomic E-state index is 11.2. The molecule has 1 aromatic heterocycles. The van der Waals surface area contributed by atoms with Gasteiger partial charge in [0.1, 0.15) is 0 Å². The van der Waals surface area contributed by atoms with Crippen LogP contribution in [0, 0.1) is 11.7 Å². The van der Waals surface area contributed by atoms with Crippen molar-refractivity contribution in [3.8, 4) is 0 Å². The molecular weight excluding hydrogens is 246 g/mol. The molecule has 1 aromatic carbocycles. The van der Waals surface area contributed by atoms with Gasteiger partial charge in [0.2, 0.25) is 5.91 Å². The third-order valence-corrected chi connectivity index (χ3v) is 3.42. The molecule has 2 aromatic rings. The van der Waals surface area contributed by atoms with Gasteiger partial charge in [-0.1, -0.05) is 12.1 Å². The Bertz CT molecular complexity index is 666. The van der Waals surface area contributed by atoms with Crippen LogP contribution in [0.1, 0.15) is 25.8 Å². The third kappa shape index (κ3) is 2.06. The van der Waals surface area contributed by atoms with Crippen LogP contribution in [0.15, 0.2) is 18.2 Å². The number of aryl methyl sites for hydroxylation is 1. The Labute approximate surface area is 111 Å². The summed E-state index contributed by atoms with van der Waals surface area (Å²) in [6.07, 6.45) is 0.252. The Morgan fingerprint density at radius 2 is 2.17 bits per heavy atom. The van der Waals surface area contributed by atoms with E-state index in [0.29, 0.717) is 4.77 Å². The van der Waals surface area contributed by atoms with Crippen LogP contribution in [0.4, 0.5) is 0 Å². The summed E-state index contributed by atoms with van der Waals surface area (Å²) in [7, 11) is 0. The molecular formula is C13H17N3OS. The molecule has 1 heterocycles. The van der Waals surface area contributed by atoms with E-state index < -0.39 is 5.54 Å². The van der Waals surface area contributed by atoms with Crippen molar-refractivity contribution in [2.75, 3.05) is 0 Å². The minimum Gasteiger partial charge on any atom is -0.370 e. The van der Waals surface area contributed by atoms with E-state index in [0.717, 1.165) is 16.6 Å². The van der Waals surface area contributed by atoms with Crippen molar-refractivity contribution in [1.82, 2.24) is 9.55 Å². The predicted octanol–water partition coefficient (Wildman–Crippen LogP) is 2.62. The molecule has 18 heavy (non-hydrogen) atoms. The smallest absolute Gasteiger partial charge is 0.219 e. The molecule has 3 N–H and O–H groups in total. The average Bonchev–Trinajstić information content (AvgIpc) is 2.54. The fraction of sp³-hybridized carbons (Fsp3) is 0.385. The van der Waals surface area contributed by atoms with E-state index in [1.165, 1.54) is 0 Å². The number of rotatable bonds is 3. The molecule has 96 valence electrons. The van der Waals surface area contributed by atoms with Gasteiger partial charge in [-0.2, -0.15) is 0 Å². The van der Waals surface area contributed by atoms with Crippen molar-refractivity contribution in [2.45, 2.75) is 32.7 Å². The lowest BCUT2D eigenvalue weighted by atomic mass is 9.99. The first-order chi connectivity index (χ1) is 8.33. The Balaban J connectivity index is 2.71. The van der Waals surface area contributed by atoms with Gasteiger partial charge in [-0.25, -0.2) is 0 Å². The number of nitrogens with two attached hydrogens (primary N) is 1. The van der Waals surface area contributed by atoms with Gasteiger partial charge in [0.15, 0.2) is 4.77 Å². The quantitative estimate of drug-likeness (QED) is 0.836. The van der Waals surface area contributed by atoms with Crippen LogP contribution in [0.5, 0.6) is 0 Å². The highest BCUT2D eigenvalue weighted by Gasteiger charge is 2.25. The second kappa shape index (κ2) is 4.24. The lowest BCUT2D eigenvalue weighted by Gasteiger charge is -2.26. The molecule has 0 bridgehead atoms. The van der Waals surface area contributed by atoms with E-state index in [1.807, 2.05) is 43.5 Å². The minimum atomic E-state index is -0.436. The molecule has 0 spiro atoms. The molecule has 0 aliphatic heterocycles. The highest BCUT2D eigenvalue weighted by molar-refractivity contribution is 7.71. The summed E-state index contributed by atoms with van der Waals surface area (Å²) in [6.45, 7) is 5.95. The van der Waals surface area contributed by atoms with Crippen molar-refractivity contribution < 1.29 is 4.79 Å². The highest BCUT2D eigenvalue weighted by atomic mass is 32.1. The van der Waals surface area contributed by atoms with Crippen molar-refractivity contribution in [1.29, 1.82) is 0 Å². The number of carbonyl (C=O) groups excluding carboxylic acids is 1. The summed E-state index contributed by atoms with van der Waals surface area (Å²) in [5, 5.41) is 0. The second-order valence-corrected chi connectivity index (χ2v) is 5.58. The van der Waals surface area contributed by atoms with E-state index in [4.69, 9.17) is 18.0 Å². The average molecular weight is 263 g/mol. The number of aromatic amines is 1. The monoisotopic (exact) mass is 263 g/mol. The van der Waals surface area contributed by atoms with Crippen LogP contribution in [-0.4, -0.2) is 15.5 Å². The largest absolute Gasteiger partial charge is 0.370 e. The number of imidazole rings is 1. The van der Waals surface area contributed by atoms with Crippen LogP contribution < -0.4 is 5.73 Å². The van der Waals surface area contributed by atoms with E-state index in [1.54, 1.807) is 0 Å². The van der Waals surface area contributed by atoms with Gasteiger partial charge >= 0.3 is 0 Å². The standard InChI is InChI=1S/C13H17N3OS/c1-8-5-4-6-9-11(8)15-12(18)16(9)13(2,3)7-10(14)17/h4-6H,7H2,1-3H3,(H2,14,17)(H,15,18). The number of fused-ring (bicyclic) bond motifs is 1. The van der Waals surface area contributed by atoms with Crippen LogP contribution in [-0.2, 0) is 10.3 Å². The SMILES string of the molecule is Cc1cccc2c1[nH]c(=S)n2C(C)(C)CC(N)=O. The predicted molar refractivity (Wildman–Crippen MR) is 75.0 cm³/mol. The summed E-state index contributed by atoms with van der Waals surface area (Å²) < 4.78 is 2.58. The molecule has 0 fully saturated rings. The lowest BCUT2D eigenvalue weighted by Crippen LogP contribution is -2.32. The van der Waals surface area contributed by atoms with Crippen LogP contribution in [0.3, 0.4) is 0 Å². The Morgan fingerprint density at radius 3 is 2.78 bits per heavy atom. The van der Waals surface area contributed by atoms with E-state index >= 15 is 0 Å². The van der Waals surface area contributed by atoms with Crippen molar-refractivity contribution in [3.05, 3.63) is 28.5 Å². The number of benzene rings is 1. The second-order valence-electron chi connectivity index (χ2n) is 5.19. The first kappa shape index (κ1) is 12.8. The van der Waals surface area contributed by atoms with Gasteiger partial charge in [-0.05, 0) is 44.6 Å². The number of aromatic nitrogens is 2. The maximum Gasteiger partial charge on any atom is 0.219 e. The molecule has 0 atom stereocenters. The number of H-pyrrole nitrogens is 1. The van der Waals surface area contributed by atoms with E-state index in [-0.39, 0.29) is 12.3 Å². The van der Waals surface area contributed by atoms with Gasteiger partial charge in [-0.3, -0.25) is 4.79 Å². The summed E-state index contributed by atoms with van der Waals surface area (Å²) in [6, 6.07) is 6.01. The zero-order valence-corrected chi connectivity index (χ0v) is 11.6. The zero-order chi connectivity index (χ0) is 13.5. The number of hydrogen-bond acceptors (Lipinski definition) is 2. The topological polar surface area (TPSA) is 63.8 Å². The maximum absolute atomic E-state index is 11.2. The van der Waals surface area contributed by atoms with E-state index in [2.05, 4.69) is 4.98 Å². The molecule has 0 aliphatic rings. The number of amides is 1. The van der Waals surface area contributed by atoms with Gasteiger partial charge in [-0.15, -0.1) is 0 Å². The van der Waals surface area contributed by atoms with E-state index in [9.17, 15) is 4.79 Å². The third-order valence-electron chi connectivity index (χ3n) is 3.14. The molecule has 0 saturated carbocycles. The van der Waals surface area contributed by atoms with Crippen molar-refractivity contribution >= 4 is 29.2 Å². The van der Waals surface area contributed by atoms with Gasteiger partial charge in [0, 0.05) is 6.42 Å². The van der Waals surface area contributed by atoms with Crippen LogP contribution in [0.2, 0.25) is 0 Å². The van der Waals surface area contributed by atoms with Crippen molar-refractivity contribution in [3.63, 3.8) is 0 Å². The summed E-state index contributed by atoms with van der Waals surface area (Å²) >= 11 is 5.37. The Hall–Kier alpha value is -1.62. The fourth-order valence-corrected chi connectivity index (χ4v) is 2.83. The summed E-state index contributed by atoms with van der Waals surface area (Å²) in [4.78, 5) is 14.4. The molecule has 2 rings (SSSR count). The van der Waals surface area contributed by atoms with Gasteiger partial charge < -0.3 is 15.3 Å². The number of para-hydroxylation sites is 1. The van der Waals surface area contributed by atoms with Gasteiger partial charge in [0.25, 0.3) is 0 Å². The van der Waals surface area contributed by atoms with Gasteiger partial charge in [0.05, 0.1) is 16.6 Å².